The average molecular weight is 515 g/mol. The summed E-state index contributed by atoms with van der Waals surface area (Å²) in [5.41, 5.74) is 1.97. The lowest BCUT2D eigenvalue weighted by atomic mass is 10.2. The van der Waals surface area contributed by atoms with E-state index in [0.717, 1.165) is 37.3 Å². The van der Waals surface area contributed by atoms with Crippen LogP contribution in [0, 0.1) is 0 Å². The zero-order valence-electron chi connectivity index (χ0n) is 20.4. The molecule has 2 aromatic carbocycles. The molecule has 0 spiro atoms. The van der Waals surface area contributed by atoms with Crippen molar-refractivity contribution in [3.63, 3.8) is 0 Å². The molecule has 0 radical (unpaired) electrons. The van der Waals surface area contributed by atoms with E-state index in [0.29, 0.717) is 24.2 Å². The Bertz CT molecular complexity index is 1270. The zero-order valence-corrected chi connectivity index (χ0v) is 21.2. The summed E-state index contributed by atoms with van der Waals surface area (Å²) in [4.78, 5) is 24.1. The molecule has 1 aliphatic heterocycles. The van der Waals surface area contributed by atoms with Gasteiger partial charge in [0.05, 0.1) is 19.9 Å². The van der Waals surface area contributed by atoms with E-state index in [2.05, 4.69) is 5.32 Å². The number of fused-ring (bicyclic) bond motifs is 1. The standard InChI is InChI=1S/C26H30N2O7S/c1-33-22-15-18(11-12-25(30)35-17-24(29)27-20-8-4-5-9-20)16-23(26(22)34-2)36(31,32)28-14-13-19-7-3-6-10-21(19)28/h3,6-7,10-12,15-16,20H,4-5,8-9,13-14,17H2,1-2H3,(H,27,29). The molecular weight excluding hydrogens is 484 g/mol. The van der Waals surface area contributed by atoms with E-state index in [1.54, 1.807) is 18.2 Å². The zero-order chi connectivity index (χ0) is 25.7. The minimum Gasteiger partial charge on any atom is -0.493 e. The van der Waals surface area contributed by atoms with Gasteiger partial charge in [0.15, 0.2) is 18.1 Å². The number of rotatable bonds is 9. The van der Waals surface area contributed by atoms with Gasteiger partial charge in [0.25, 0.3) is 15.9 Å². The lowest BCUT2D eigenvalue weighted by molar-refractivity contribution is -0.144. The fourth-order valence-corrected chi connectivity index (χ4v) is 6.31. The smallest absolute Gasteiger partial charge is 0.331 e. The van der Waals surface area contributed by atoms with Crippen LogP contribution in [0.2, 0.25) is 0 Å². The van der Waals surface area contributed by atoms with E-state index in [1.807, 2.05) is 12.1 Å². The van der Waals surface area contributed by atoms with Crippen LogP contribution in [0.4, 0.5) is 5.69 Å². The molecule has 1 fully saturated rings. The molecule has 1 aliphatic carbocycles. The normalized spacial score (nSPS) is 15.7. The molecule has 1 amide bonds. The van der Waals surface area contributed by atoms with E-state index < -0.39 is 16.0 Å². The number of nitrogens with zero attached hydrogens (tertiary/aromatic N) is 1. The first-order chi connectivity index (χ1) is 17.3. The topological polar surface area (TPSA) is 111 Å². The molecule has 0 saturated heterocycles. The molecule has 10 heteroatoms. The number of sulfonamides is 1. The fourth-order valence-electron chi connectivity index (χ4n) is 4.60. The van der Waals surface area contributed by atoms with Crippen LogP contribution in [0.1, 0.15) is 36.8 Å². The Morgan fingerprint density at radius 1 is 1.11 bits per heavy atom. The van der Waals surface area contributed by atoms with Crippen molar-refractivity contribution in [3.05, 3.63) is 53.6 Å². The van der Waals surface area contributed by atoms with Crippen LogP contribution in [-0.2, 0) is 30.8 Å². The second-order valence-corrected chi connectivity index (χ2v) is 10.5. The minimum atomic E-state index is -4.00. The van der Waals surface area contributed by atoms with Crippen molar-refractivity contribution in [1.82, 2.24) is 5.32 Å². The Kier molecular flexibility index (Phi) is 7.83. The lowest BCUT2D eigenvalue weighted by Gasteiger charge is -2.22. The van der Waals surface area contributed by atoms with Crippen molar-refractivity contribution in [2.75, 3.05) is 31.7 Å². The van der Waals surface area contributed by atoms with Crippen LogP contribution in [0.3, 0.4) is 0 Å². The van der Waals surface area contributed by atoms with Crippen molar-refractivity contribution in [3.8, 4) is 11.5 Å². The summed E-state index contributed by atoms with van der Waals surface area (Å²) in [6, 6.07) is 10.5. The number of amides is 1. The lowest BCUT2D eigenvalue weighted by Crippen LogP contribution is -2.35. The molecule has 1 N–H and O–H groups in total. The van der Waals surface area contributed by atoms with E-state index in [1.165, 1.54) is 30.7 Å². The molecule has 192 valence electrons. The van der Waals surface area contributed by atoms with Crippen molar-refractivity contribution in [1.29, 1.82) is 0 Å². The highest BCUT2D eigenvalue weighted by molar-refractivity contribution is 7.93. The SMILES string of the molecule is COc1cc(C=CC(=O)OCC(=O)NC2CCCC2)cc(S(=O)(=O)N2CCc3ccccc32)c1OC. The Labute approximate surface area is 211 Å². The van der Waals surface area contributed by atoms with Crippen molar-refractivity contribution < 1.29 is 32.2 Å². The number of benzene rings is 2. The Morgan fingerprint density at radius 2 is 1.86 bits per heavy atom. The predicted octanol–water partition coefficient (Wildman–Crippen LogP) is 3.07. The van der Waals surface area contributed by atoms with Gasteiger partial charge in [-0.1, -0.05) is 31.0 Å². The van der Waals surface area contributed by atoms with E-state index >= 15 is 0 Å². The molecule has 2 aromatic rings. The highest BCUT2D eigenvalue weighted by Gasteiger charge is 2.34. The summed E-state index contributed by atoms with van der Waals surface area (Å²) in [6.45, 7) is -0.0674. The molecular formula is C26H30N2O7S. The van der Waals surface area contributed by atoms with Crippen LogP contribution in [0.25, 0.3) is 6.08 Å². The number of esters is 1. The summed E-state index contributed by atoms with van der Waals surface area (Å²) in [5.74, 6) is -0.779. The van der Waals surface area contributed by atoms with Crippen LogP contribution in [0.15, 0.2) is 47.4 Å². The molecule has 4 rings (SSSR count). The predicted molar refractivity (Wildman–Crippen MR) is 135 cm³/mol. The van der Waals surface area contributed by atoms with Gasteiger partial charge in [-0.25, -0.2) is 13.2 Å². The number of hydrogen-bond acceptors (Lipinski definition) is 7. The number of methoxy groups -OCH3 is 2. The van der Waals surface area contributed by atoms with E-state index in [-0.39, 0.29) is 35.0 Å². The van der Waals surface area contributed by atoms with Crippen molar-refractivity contribution in [2.45, 2.75) is 43.0 Å². The van der Waals surface area contributed by atoms with Crippen LogP contribution < -0.4 is 19.1 Å². The summed E-state index contributed by atoms with van der Waals surface area (Å²) < 4.78 is 44.5. The molecule has 2 aliphatic rings. The molecule has 0 unspecified atom stereocenters. The number of ether oxygens (including phenoxy) is 3. The highest BCUT2D eigenvalue weighted by atomic mass is 32.2. The third kappa shape index (κ3) is 5.48. The second-order valence-electron chi connectivity index (χ2n) is 8.70. The molecule has 0 atom stereocenters. The fraction of sp³-hybridized carbons (Fsp3) is 0.385. The summed E-state index contributed by atoms with van der Waals surface area (Å²) in [6.07, 6.45) is 7.21. The number of para-hydroxylation sites is 1. The first kappa shape index (κ1) is 25.6. The Hall–Kier alpha value is -3.53. The number of hydrogen-bond donors (Lipinski definition) is 1. The maximum Gasteiger partial charge on any atom is 0.331 e. The molecule has 0 aromatic heterocycles. The molecule has 1 saturated carbocycles. The van der Waals surface area contributed by atoms with Crippen molar-refractivity contribution >= 4 is 33.7 Å². The van der Waals surface area contributed by atoms with Crippen LogP contribution in [0.5, 0.6) is 11.5 Å². The van der Waals surface area contributed by atoms with Crippen LogP contribution in [-0.4, -0.2) is 53.7 Å². The third-order valence-electron chi connectivity index (χ3n) is 6.36. The molecule has 9 nitrogen and oxygen atoms in total. The number of anilines is 1. The highest BCUT2D eigenvalue weighted by Crippen LogP contribution is 2.40. The van der Waals surface area contributed by atoms with Gasteiger partial charge >= 0.3 is 5.97 Å². The largest absolute Gasteiger partial charge is 0.493 e. The number of carbonyl (C=O) groups is 2. The quantitative estimate of drug-likeness (QED) is 0.404. The van der Waals surface area contributed by atoms with Gasteiger partial charge < -0.3 is 19.5 Å². The van der Waals surface area contributed by atoms with Gasteiger partial charge in [-0.3, -0.25) is 9.10 Å². The number of nitrogens with one attached hydrogen (secondary N) is 1. The van der Waals surface area contributed by atoms with Gasteiger partial charge in [-0.2, -0.15) is 0 Å². The second kappa shape index (κ2) is 11.0. The summed E-state index contributed by atoms with van der Waals surface area (Å²) in [5, 5.41) is 2.85. The van der Waals surface area contributed by atoms with E-state index in [4.69, 9.17) is 14.2 Å². The summed E-state index contributed by atoms with van der Waals surface area (Å²) in [7, 11) is -1.22. The molecule has 1 heterocycles. The molecule has 0 bridgehead atoms. The molecule has 36 heavy (non-hydrogen) atoms. The maximum atomic E-state index is 13.7. The number of carbonyl (C=O) groups excluding carboxylic acids is 2. The van der Waals surface area contributed by atoms with Gasteiger partial charge in [0, 0.05) is 18.7 Å². The van der Waals surface area contributed by atoms with Crippen molar-refractivity contribution in [2.24, 2.45) is 0 Å². The average Bonchev–Trinajstić information content (AvgIpc) is 3.55. The summed E-state index contributed by atoms with van der Waals surface area (Å²) >= 11 is 0. The minimum absolute atomic E-state index is 0.0743. The van der Waals surface area contributed by atoms with Gasteiger partial charge in [0.2, 0.25) is 0 Å². The van der Waals surface area contributed by atoms with E-state index in [9.17, 15) is 18.0 Å². The van der Waals surface area contributed by atoms with Gasteiger partial charge in [0.1, 0.15) is 4.90 Å². The Balaban J connectivity index is 1.53. The Morgan fingerprint density at radius 3 is 2.58 bits per heavy atom. The first-order valence-corrected chi connectivity index (χ1v) is 13.3. The van der Waals surface area contributed by atoms with Gasteiger partial charge in [-0.05, 0) is 54.7 Å². The maximum absolute atomic E-state index is 13.7. The monoisotopic (exact) mass is 514 g/mol. The third-order valence-corrected chi connectivity index (χ3v) is 8.18. The van der Waals surface area contributed by atoms with Crippen LogP contribution >= 0.6 is 0 Å². The first-order valence-electron chi connectivity index (χ1n) is 11.8. The van der Waals surface area contributed by atoms with Gasteiger partial charge in [-0.15, -0.1) is 0 Å².